The van der Waals surface area contributed by atoms with Crippen LogP contribution in [0, 0.1) is 10.1 Å². The molecule has 0 aromatic carbocycles. The third-order valence-corrected chi connectivity index (χ3v) is 8.15. The predicted octanol–water partition coefficient (Wildman–Crippen LogP) is 0.528. The van der Waals surface area contributed by atoms with Crippen LogP contribution in [0.25, 0.3) is 0 Å². The van der Waals surface area contributed by atoms with Gasteiger partial charge in [-0.15, -0.1) is 0 Å². The van der Waals surface area contributed by atoms with E-state index in [0.717, 1.165) is 27.7 Å². The normalized spacial score (nSPS) is 12.0. The Balaban J connectivity index is 2.44. The molecule has 2 atom stereocenters. The Morgan fingerprint density at radius 1 is 1.02 bits per heavy atom. The highest BCUT2D eigenvalue weighted by atomic mass is 33.1. The molecule has 16 nitrogen and oxygen atoms in total. The van der Waals surface area contributed by atoms with Crippen LogP contribution in [0.5, 0.6) is 0 Å². The number of carbonyl (C=O) groups excluding carboxylic acids is 5. The molecule has 0 spiro atoms. The van der Waals surface area contributed by atoms with Crippen LogP contribution in [0.1, 0.15) is 68.6 Å². The molecule has 0 aliphatic carbocycles. The standard InChI is InChI=1S/C25H39N9O7S2/c1-15(35)32-17(8-7-11-30-25(27)28)20(36)9-5-3-4-6-10-21(37)33-18(22(26)38)14-42-43-24-19(34(40)41)12-16(13-31-24)23(39)29-2/h12-13,17-18H,3-11,14H2,1-2H3,(H2,26,38)(H,29,39)(H,32,35)(H,33,37)(H4,27,28,30)/t17-,18-/m0/s1. The zero-order valence-electron chi connectivity index (χ0n) is 24.1. The summed E-state index contributed by atoms with van der Waals surface area (Å²) in [6.07, 6.45) is 5.06. The highest BCUT2D eigenvalue weighted by Gasteiger charge is 2.23. The number of hydrogen-bond donors (Lipinski definition) is 6. The van der Waals surface area contributed by atoms with Crippen molar-refractivity contribution < 1.29 is 28.9 Å². The fourth-order valence-corrected chi connectivity index (χ4v) is 5.91. The molecule has 9 N–H and O–H groups in total. The number of hydrogen-bond acceptors (Lipinski definition) is 11. The summed E-state index contributed by atoms with van der Waals surface area (Å²) in [6.45, 7) is 1.70. The first-order valence-corrected chi connectivity index (χ1v) is 15.8. The van der Waals surface area contributed by atoms with Gasteiger partial charge in [-0.3, -0.25) is 39.1 Å². The average Bonchev–Trinajstić information content (AvgIpc) is 2.94. The topological polar surface area (TPSA) is 268 Å². The lowest BCUT2D eigenvalue weighted by molar-refractivity contribution is -0.388. The van der Waals surface area contributed by atoms with Crippen LogP contribution in [0.3, 0.4) is 0 Å². The van der Waals surface area contributed by atoms with Crippen molar-refractivity contribution in [3.63, 3.8) is 0 Å². The molecule has 18 heteroatoms. The number of amides is 4. The molecule has 0 radical (unpaired) electrons. The zero-order chi connectivity index (χ0) is 32.4. The largest absolute Gasteiger partial charge is 0.370 e. The Morgan fingerprint density at radius 3 is 2.28 bits per heavy atom. The number of nitro groups is 1. The SMILES string of the molecule is CNC(=O)c1cnc(SSC[C@H](NC(=O)CCCCCCC(=O)[C@H](CCCN=C(N)N)NC(C)=O)C(N)=O)c([N+](=O)[O-])c1. The van der Waals surface area contributed by atoms with E-state index in [1.165, 1.54) is 20.2 Å². The van der Waals surface area contributed by atoms with Crippen molar-refractivity contribution in [3.05, 3.63) is 27.9 Å². The molecule has 0 fully saturated rings. The minimum absolute atomic E-state index is 0.0302. The number of rotatable bonds is 21. The Labute approximate surface area is 257 Å². The second-order valence-corrected chi connectivity index (χ2v) is 11.7. The number of ketones is 1. The number of aliphatic imine (C=N–C) groups is 1. The average molecular weight is 642 g/mol. The van der Waals surface area contributed by atoms with Gasteiger partial charge in [0.2, 0.25) is 17.7 Å². The molecular formula is C25H39N9O7S2. The molecule has 0 saturated carbocycles. The first-order valence-electron chi connectivity index (χ1n) is 13.5. The summed E-state index contributed by atoms with van der Waals surface area (Å²) < 4.78 is 0. The molecule has 0 aliphatic rings. The molecule has 0 unspecified atom stereocenters. The van der Waals surface area contributed by atoms with E-state index in [9.17, 15) is 34.1 Å². The van der Waals surface area contributed by atoms with Gasteiger partial charge in [0.05, 0.1) is 16.5 Å². The summed E-state index contributed by atoms with van der Waals surface area (Å²) in [4.78, 5) is 78.6. The number of guanidine groups is 1. The summed E-state index contributed by atoms with van der Waals surface area (Å²) in [6, 6.07) is -0.510. The van der Waals surface area contributed by atoms with Gasteiger partial charge < -0.3 is 33.2 Å². The van der Waals surface area contributed by atoms with Gasteiger partial charge in [0.25, 0.3) is 5.91 Å². The smallest absolute Gasteiger partial charge is 0.303 e. The third kappa shape index (κ3) is 15.2. The number of pyridine rings is 1. The Hall–Kier alpha value is -3.93. The molecular weight excluding hydrogens is 602 g/mol. The molecule has 0 bridgehead atoms. The number of nitrogens with zero attached hydrogens (tertiary/aromatic N) is 3. The van der Waals surface area contributed by atoms with Crippen LogP contribution < -0.4 is 33.2 Å². The summed E-state index contributed by atoms with van der Waals surface area (Å²) in [5.41, 5.74) is 15.7. The molecule has 4 amide bonds. The quantitative estimate of drug-likeness (QED) is 0.0268. The maximum atomic E-state index is 12.6. The van der Waals surface area contributed by atoms with Crippen LogP contribution in [-0.4, -0.2) is 76.7 Å². The van der Waals surface area contributed by atoms with Crippen molar-refractivity contribution in [1.29, 1.82) is 0 Å². The van der Waals surface area contributed by atoms with Crippen molar-refractivity contribution in [3.8, 4) is 0 Å². The molecule has 1 aromatic rings. The van der Waals surface area contributed by atoms with Gasteiger partial charge in [-0.1, -0.05) is 23.6 Å². The van der Waals surface area contributed by atoms with E-state index in [4.69, 9.17) is 17.2 Å². The highest BCUT2D eigenvalue weighted by molar-refractivity contribution is 8.76. The third-order valence-electron chi connectivity index (χ3n) is 5.86. The van der Waals surface area contributed by atoms with E-state index >= 15 is 0 Å². The summed E-state index contributed by atoms with van der Waals surface area (Å²) in [5, 5.41) is 19.0. The number of primary amides is 1. The van der Waals surface area contributed by atoms with Crippen molar-refractivity contribution >= 4 is 62.6 Å². The lowest BCUT2D eigenvalue weighted by Crippen LogP contribution is -2.45. The monoisotopic (exact) mass is 641 g/mol. The zero-order valence-corrected chi connectivity index (χ0v) is 25.8. The number of aromatic nitrogens is 1. The lowest BCUT2D eigenvalue weighted by Gasteiger charge is -2.16. The van der Waals surface area contributed by atoms with Gasteiger partial charge >= 0.3 is 5.69 Å². The van der Waals surface area contributed by atoms with Crippen molar-refractivity contribution in [2.45, 2.75) is 75.4 Å². The Bertz CT molecular complexity index is 1180. The van der Waals surface area contributed by atoms with Gasteiger partial charge in [0.15, 0.2) is 16.8 Å². The molecule has 0 aliphatic heterocycles. The van der Waals surface area contributed by atoms with Crippen molar-refractivity contribution in [2.24, 2.45) is 22.2 Å². The van der Waals surface area contributed by atoms with Crippen LogP contribution in [0.4, 0.5) is 5.69 Å². The van der Waals surface area contributed by atoms with Crippen LogP contribution in [-0.2, 0) is 19.2 Å². The molecule has 0 saturated heterocycles. The number of Topliss-reactive ketones (excluding diaryl/α,β-unsaturated/α-hetero) is 1. The van der Waals surface area contributed by atoms with E-state index in [0.29, 0.717) is 45.1 Å². The van der Waals surface area contributed by atoms with E-state index in [1.54, 1.807) is 0 Å². The van der Waals surface area contributed by atoms with E-state index in [2.05, 4.69) is 25.9 Å². The minimum atomic E-state index is -1.01. The van der Waals surface area contributed by atoms with Gasteiger partial charge in [-0.05, 0) is 36.5 Å². The van der Waals surface area contributed by atoms with E-state index in [1.807, 2.05) is 0 Å². The summed E-state index contributed by atoms with van der Waals surface area (Å²) in [5.74, 6) is -2.04. The van der Waals surface area contributed by atoms with Crippen molar-refractivity contribution in [2.75, 3.05) is 19.3 Å². The molecule has 238 valence electrons. The Kier molecular flexibility index (Phi) is 17.3. The van der Waals surface area contributed by atoms with Crippen LogP contribution >= 0.6 is 21.6 Å². The molecule has 43 heavy (non-hydrogen) atoms. The highest BCUT2D eigenvalue weighted by Crippen LogP contribution is 2.36. The molecule has 1 rings (SSSR count). The van der Waals surface area contributed by atoms with Crippen molar-refractivity contribution in [1.82, 2.24) is 20.9 Å². The first-order chi connectivity index (χ1) is 20.3. The number of nitrogens with one attached hydrogen (secondary N) is 3. The predicted molar refractivity (Wildman–Crippen MR) is 164 cm³/mol. The lowest BCUT2D eigenvalue weighted by atomic mass is 10.0. The summed E-state index contributed by atoms with van der Waals surface area (Å²) >= 11 is 0. The number of nitrogens with two attached hydrogens (primary N) is 3. The second kappa shape index (κ2) is 20.1. The molecule has 1 aromatic heterocycles. The second-order valence-electron chi connectivity index (χ2n) is 9.36. The first kappa shape index (κ1) is 37.1. The number of unbranched alkanes of at least 4 members (excludes halogenated alkanes) is 3. The fraction of sp³-hybridized carbons (Fsp3) is 0.560. The molecule has 1 heterocycles. The van der Waals surface area contributed by atoms with Gasteiger partial charge in [0, 0.05) is 51.4 Å². The minimum Gasteiger partial charge on any atom is -0.370 e. The van der Waals surface area contributed by atoms with Gasteiger partial charge in [-0.2, -0.15) is 0 Å². The van der Waals surface area contributed by atoms with E-state index < -0.39 is 28.8 Å². The maximum Gasteiger partial charge on any atom is 0.303 e. The maximum absolute atomic E-state index is 12.6. The number of carbonyl (C=O) groups is 5. The van der Waals surface area contributed by atoms with Gasteiger partial charge in [-0.25, -0.2) is 4.98 Å². The summed E-state index contributed by atoms with van der Waals surface area (Å²) in [7, 11) is 3.36. The van der Waals surface area contributed by atoms with Crippen LogP contribution in [0.15, 0.2) is 22.3 Å². The van der Waals surface area contributed by atoms with Gasteiger partial charge in [0.1, 0.15) is 6.04 Å². The Morgan fingerprint density at radius 2 is 1.70 bits per heavy atom. The van der Waals surface area contributed by atoms with Crippen LogP contribution in [0.2, 0.25) is 0 Å². The van der Waals surface area contributed by atoms with E-state index in [-0.39, 0.29) is 58.4 Å². The fourth-order valence-electron chi connectivity index (χ4n) is 3.70.